The largest absolute Gasteiger partial charge is 0.341 e. The molecule has 88 valence electrons. The molecule has 0 aliphatic rings. The number of carbonyl (C=O) groups is 1. The predicted octanol–water partition coefficient (Wildman–Crippen LogP) is 3.39. The van der Waals surface area contributed by atoms with E-state index in [9.17, 15) is 4.79 Å². The Bertz CT molecular complexity index is 396. The van der Waals surface area contributed by atoms with Gasteiger partial charge in [0.05, 0.1) is 10.7 Å². The summed E-state index contributed by atoms with van der Waals surface area (Å²) in [6.07, 6.45) is 0. The highest BCUT2D eigenvalue weighted by molar-refractivity contribution is 6.33. The molecule has 4 heteroatoms. The molecule has 0 saturated heterocycles. The molecule has 0 aliphatic heterocycles. The average Bonchev–Trinajstić information content (AvgIpc) is 2.19. The van der Waals surface area contributed by atoms with Crippen LogP contribution in [0.2, 0.25) is 5.02 Å². The Labute approximate surface area is 101 Å². The third-order valence-electron chi connectivity index (χ3n) is 2.31. The van der Waals surface area contributed by atoms with Gasteiger partial charge in [0.1, 0.15) is 0 Å². The highest BCUT2D eigenvalue weighted by atomic mass is 35.5. The smallest absolute Gasteiger partial charge is 0.319 e. The lowest BCUT2D eigenvalue weighted by Crippen LogP contribution is -2.24. The van der Waals surface area contributed by atoms with Crippen LogP contribution in [-0.2, 0) is 5.41 Å². The Hall–Kier alpha value is -1.22. The van der Waals surface area contributed by atoms with E-state index in [0.29, 0.717) is 10.7 Å². The van der Waals surface area contributed by atoms with E-state index in [1.807, 2.05) is 18.2 Å². The molecular formula is C12H17ClN2O. The van der Waals surface area contributed by atoms with Crippen LogP contribution < -0.4 is 10.6 Å². The molecule has 16 heavy (non-hydrogen) atoms. The van der Waals surface area contributed by atoms with E-state index in [1.165, 1.54) is 0 Å². The van der Waals surface area contributed by atoms with Gasteiger partial charge >= 0.3 is 6.03 Å². The number of hydrogen-bond acceptors (Lipinski definition) is 1. The van der Waals surface area contributed by atoms with Crippen LogP contribution in [0.3, 0.4) is 0 Å². The fourth-order valence-electron chi connectivity index (χ4n) is 1.27. The summed E-state index contributed by atoms with van der Waals surface area (Å²) in [4.78, 5) is 11.1. The molecule has 2 N–H and O–H groups in total. The number of anilines is 1. The van der Waals surface area contributed by atoms with E-state index in [4.69, 9.17) is 11.6 Å². The van der Waals surface area contributed by atoms with Crippen LogP contribution in [0.5, 0.6) is 0 Å². The summed E-state index contributed by atoms with van der Waals surface area (Å²) in [5.74, 6) is 0. The molecule has 1 aromatic rings. The maximum absolute atomic E-state index is 11.1. The monoisotopic (exact) mass is 240 g/mol. The van der Waals surface area contributed by atoms with Crippen molar-refractivity contribution in [3.05, 3.63) is 28.8 Å². The van der Waals surface area contributed by atoms with Crippen LogP contribution >= 0.6 is 11.6 Å². The molecule has 0 aromatic heterocycles. The molecule has 2 amide bonds. The van der Waals surface area contributed by atoms with Gasteiger partial charge in [-0.05, 0) is 23.1 Å². The van der Waals surface area contributed by atoms with Crippen molar-refractivity contribution in [1.82, 2.24) is 5.32 Å². The Morgan fingerprint density at radius 2 is 1.94 bits per heavy atom. The van der Waals surface area contributed by atoms with Crippen LogP contribution in [0.1, 0.15) is 26.3 Å². The van der Waals surface area contributed by atoms with Crippen molar-refractivity contribution in [1.29, 1.82) is 0 Å². The van der Waals surface area contributed by atoms with Crippen molar-refractivity contribution >= 4 is 23.3 Å². The number of carbonyl (C=O) groups excluding carboxylic acids is 1. The number of nitrogens with one attached hydrogen (secondary N) is 2. The molecule has 3 nitrogen and oxygen atoms in total. The van der Waals surface area contributed by atoms with Gasteiger partial charge in [0.15, 0.2) is 0 Å². The first-order valence-corrected chi connectivity index (χ1v) is 5.51. The lowest BCUT2D eigenvalue weighted by Gasteiger charge is -2.20. The molecule has 1 aromatic carbocycles. The second kappa shape index (κ2) is 4.74. The van der Waals surface area contributed by atoms with Gasteiger partial charge in [0, 0.05) is 7.05 Å². The number of benzene rings is 1. The van der Waals surface area contributed by atoms with E-state index in [-0.39, 0.29) is 11.4 Å². The molecule has 1 rings (SSSR count). The van der Waals surface area contributed by atoms with Gasteiger partial charge in [0.2, 0.25) is 0 Å². The predicted molar refractivity (Wildman–Crippen MR) is 68.2 cm³/mol. The molecule has 0 aliphatic carbocycles. The molecular weight excluding hydrogens is 224 g/mol. The van der Waals surface area contributed by atoms with Crippen molar-refractivity contribution < 1.29 is 4.79 Å². The molecule has 0 saturated carbocycles. The maximum atomic E-state index is 11.1. The summed E-state index contributed by atoms with van der Waals surface area (Å²) < 4.78 is 0. The van der Waals surface area contributed by atoms with Crippen molar-refractivity contribution in [2.75, 3.05) is 12.4 Å². The number of halogens is 1. The molecule has 0 atom stereocenters. The lowest BCUT2D eigenvalue weighted by molar-refractivity contribution is 0.254. The third-order valence-corrected chi connectivity index (χ3v) is 2.62. The number of urea groups is 1. The summed E-state index contributed by atoms with van der Waals surface area (Å²) in [5.41, 5.74) is 1.81. The first-order valence-electron chi connectivity index (χ1n) is 5.13. The average molecular weight is 241 g/mol. The van der Waals surface area contributed by atoms with Crippen molar-refractivity contribution in [2.45, 2.75) is 26.2 Å². The van der Waals surface area contributed by atoms with Crippen LogP contribution in [0.4, 0.5) is 10.5 Å². The van der Waals surface area contributed by atoms with Gasteiger partial charge in [-0.25, -0.2) is 4.79 Å². The fraction of sp³-hybridized carbons (Fsp3) is 0.417. The van der Waals surface area contributed by atoms with Crippen LogP contribution in [0, 0.1) is 0 Å². The van der Waals surface area contributed by atoms with E-state index in [0.717, 1.165) is 5.56 Å². The molecule has 0 bridgehead atoms. The summed E-state index contributed by atoms with van der Waals surface area (Å²) in [6, 6.07) is 5.40. The van der Waals surface area contributed by atoms with Gasteiger partial charge in [0.25, 0.3) is 0 Å². The van der Waals surface area contributed by atoms with Crippen LogP contribution in [0.15, 0.2) is 18.2 Å². The first kappa shape index (κ1) is 12.8. The van der Waals surface area contributed by atoms with Gasteiger partial charge in [-0.15, -0.1) is 0 Å². The topological polar surface area (TPSA) is 41.1 Å². The number of hydrogen-bond donors (Lipinski definition) is 2. The highest BCUT2D eigenvalue weighted by Crippen LogP contribution is 2.29. The van der Waals surface area contributed by atoms with Crippen molar-refractivity contribution in [3.8, 4) is 0 Å². The van der Waals surface area contributed by atoms with Gasteiger partial charge in [-0.3, -0.25) is 0 Å². The second-order valence-electron chi connectivity index (χ2n) is 4.65. The number of rotatable bonds is 1. The number of amides is 2. The SMILES string of the molecule is CNC(=O)Nc1ccc(C(C)(C)C)cc1Cl. The first-order chi connectivity index (χ1) is 7.34. The minimum Gasteiger partial charge on any atom is -0.341 e. The lowest BCUT2D eigenvalue weighted by atomic mass is 9.87. The molecule has 0 radical (unpaired) electrons. The van der Waals surface area contributed by atoms with E-state index < -0.39 is 0 Å². The summed E-state index contributed by atoms with van der Waals surface area (Å²) in [5, 5.41) is 5.69. The normalized spacial score (nSPS) is 11.1. The zero-order valence-corrected chi connectivity index (χ0v) is 10.8. The quantitative estimate of drug-likeness (QED) is 0.776. The standard InChI is InChI=1S/C12H17ClN2O/c1-12(2,3)8-5-6-10(9(13)7-8)15-11(16)14-4/h5-7H,1-4H3,(H2,14,15,16). The molecule has 0 spiro atoms. The van der Waals surface area contributed by atoms with Crippen molar-refractivity contribution in [2.24, 2.45) is 0 Å². The second-order valence-corrected chi connectivity index (χ2v) is 5.06. The zero-order chi connectivity index (χ0) is 12.3. The maximum Gasteiger partial charge on any atom is 0.319 e. The Balaban J connectivity index is 2.96. The summed E-state index contributed by atoms with van der Waals surface area (Å²) >= 11 is 6.09. The fourth-order valence-corrected chi connectivity index (χ4v) is 1.50. The highest BCUT2D eigenvalue weighted by Gasteiger charge is 2.15. The van der Waals surface area contributed by atoms with Gasteiger partial charge in [-0.1, -0.05) is 38.4 Å². The van der Waals surface area contributed by atoms with Gasteiger partial charge < -0.3 is 10.6 Å². The van der Waals surface area contributed by atoms with Crippen LogP contribution in [-0.4, -0.2) is 13.1 Å². The third kappa shape index (κ3) is 3.14. The molecule has 0 fully saturated rings. The molecule has 0 heterocycles. The van der Waals surface area contributed by atoms with E-state index in [1.54, 1.807) is 7.05 Å². The summed E-state index contributed by atoms with van der Waals surface area (Å²) in [6.45, 7) is 6.35. The summed E-state index contributed by atoms with van der Waals surface area (Å²) in [7, 11) is 1.56. The van der Waals surface area contributed by atoms with Gasteiger partial charge in [-0.2, -0.15) is 0 Å². The Morgan fingerprint density at radius 1 is 1.31 bits per heavy atom. The van der Waals surface area contributed by atoms with E-state index >= 15 is 0 Å². The van der Waals surface area contributed by atoms with E-state index in [2.05, 4.69) is 31.4 Å². The van der Waals surface area contributed by atoms with Crippen molar-refractivity contribution in [3.63, 3.8) is 0 Å². The Morgan fingerprint density at radius 3 is 2.38 bits per heavy atom. The molecule has 0 unspecified atom stereocenters. The minimum absolute atomic E-state index is 0.0508. The minimum atomic E-state index is -0.273. The zero-order valence-electron chi connectivity index (χ0n) is 10.0. The van der Waals surface area contributed by atoms with Crippen LogP contribution in [0.25, 0.3) is 0 Å². The Kier molecular flexibility index (Phi) is 3.81.